The van der Waals surface area contributed by atoms with Gasteiger partial charge in [-0.05, 0) is 31.5 Å². The van der Waals surface area contributed by atoms with Crippen LogP contribution in [0.5, 0.6) is 0 Å². The van der Waals surface area contributed by atoms with Crippen molar-refractivity contribution in [3.8, 4) is 0 Å². The van der Waals surface area contributed by atoms with Gasteiger partial charge in [-0.25, -0.2) is 9.97 Å². The van der Waals surface area contributed by atoms with Gasteiger partial charge in [0.15, 0.2) is 0 Å². The van der Waals surface area contributed by atoms with E-state index in [4.69, 9.17) is 11.6 Å². The van der Waals surface area contributed by atoms with E-state index in [1.54, 1.807) is 6.07 Å². The molecule has 27 heavy (non-hydrogen) atoms. The number of aryl methyl sites for hydroxylation is 1. The zero-order chi connectivity index (χ0) is 19.2. The number of piperazine rings is 1. The zero-order valence-electron chi connectivity index (χ0n) is 15.9. The van der Waals surface area contributed by atoms with E-state index >= 15 is 0 Å². The van der Waals surface area contributed by atoms with Gasteiger partial charge < -0.3 is 15.1 Å². The van der Waals surface area contributed by atoms with Crippen LogP contribution in [0, 0.1) is 6.92 Å². The van der Waals surface area contributed by atoms with E-state index < -0.39 is 0 Å². The van der Waals surface area contributed by atoms with Crippen molar-refractivity contribution in [3.63, 3.8) is 0 Å². The number of amides is 1. The maximum Gasteiger partial charge on any atom is 0.272 e. The Morgan fingerprint density at radius 1 is 1.19 bits per heavy atom. The summed E-state index contributed by atoms with van der Waals surface area (Å²) in [6.07, 6.45) is 2.18. The number of halogens is 1. The van der Waals surface area contributed by atoms with Crippen LogP contribution in [0.1, 0.15) is 36.1 Å². The molecule has 0 spiro atoms. The molecule has 1 aliphatic heterocycles. The second-order valence-corrected chi connectivity index (χ2v) is 7.16. The summed E-state index contributed by atoms with van der Waals surface area (Å²) in [5.41, 5.74) is 1.55. The number of benzene rings is 1. The Labute approximate surface area is 165 Å². The lowest BCUT2D eigenvalue weighted by molar-refractivity contribution is 0.0740. The Balaban J connectivity index is 1.63. The Kier molecular flexibility index (Phi) is 6.50. The molecule has 0 aliphatic carbocycles. The minimum Gasteiger partial charge on any atom is -0.370 e. The molecule has 0 saturated carbocycles. The number of hydrogen-bond acceptors (Lipinski definition) is 5. The molecule has 1 amide bonds. The number of unbranched alkanes of at least 4 members (excludes halogenated alkanes) is 1. The minimum atomic E-state index is -0.0372. The van der Waals surface area contributed by atoms with E-state index in [2.05, 4.69) is 27.1 Å². The number of aromatic nitrogens is 2. The first kappa shape index (κ1) is 19.4. The fraction of sp³-hybridized carbons (Fsp3) is 0.450. The third-order valence-electron chi connectivity index (χ3n) is 4.63. The SMILES string of the molecule is CCCCNc1cc(C(=O)N2CCN(c3cccc(Cl)c3)CC2)nc(C)n1. The Hall–Kier alpha value is -2.34. The fourth-order valence-corrected chi connectivity index (χ4v) is 3.35. The molecule has 1 saturated heterocycles. The lowest BCUT2D eigenvalue weighted by Crippen LogP contribution is -2.49. The van der Waals surface area contributed by atoms with Crippen molar-refractivity contribution in [2.75, 3.05) is 42.9 Å². The first-order valence-electron chi connectivity index (χ1n) is 9.46. The molecular formula is C20H26ClN5O. The van der Waals surface area contributed by atoms with Crippen molar-refractivity contribution < 1.29 is 4.79 Å². The molecule has 2 heterocycles. The van der Waals surface area contributed by atoms with E-state index in [0.717, 1.165) is 49.0 Å². The summed E-state index contributed by atoms with van der Waals surface area (Å²) in [5, 5.41) is 4.00. The van der Waals surface area contributed by atoms with Gasteiger partial charge in [-0.15, -0.1) is 0 Å². The molecule has 1 N–H and O–H groups in total. The molecule has 3 rings (SSSR count). The van der Waals surface area contributed by atoms with Gasteiger partial charge in [-0.1, -0.05) is 31.0 Å². The second-order valence-electron chi connectivity index (χ2n) is 6.73. The van der Waals surface area contributed by atoms with Gasteiger partial charge in [0.05, 0.1) is 0 Å². The van der Waals surface area contributed by atoms with E-state index in [-0.39, 0.29) is 5.91 Å². The van der Waals surface area contributed by atoms with Crippen molar-refractivity contribution in [1.29, 1.82) is 0 Å². The average molecular weight is 388 g/mol. The Morgan fingerprint density at radius 2 is 1.96 bits per heavy atom. The van der Waals surface area contributed by atoms with Crippen LogP contribution in [0.4, 0.5) is 11.5 Å². The molecule has 6 nitrogen and oxygen atoms in total. The molecule has 1 aromatic carbocycles. The van der Waals surface area contributed by atoms with Crippen LogP contribution >= 0.6 is 11.6 Å². The highest BCUT2D eigenvalue weighted by Gasteiger charge is 2.24. The van der Waals surface area contributed by atoms with Crippen LogP contribution in [-0.2, 0) is 0 Å². The molecule has 1 aliphatic rings. The van der Waals surface area contributed by atoms with E-state index in [0.29, 0.717) is 24.6 Å². The highest BCUT2D eigenvalue weighted by molar-refractivity contribution is 6.30. The maximum absolute atomic E-state index is 12.9. The Morgan fingerprint density at radius 3 is 2.67 bits per heavy atom. The van der Waals surface area contributed by atoms with E-state index in [1.807, 2.05) is 36.1 Å². The topological polar surface area (TPSA) is 61.4 Å². The molecule has 0 bridgehead atoms. The standard InChI is InChI=1S/C20H26ClN5O/c1-3-4-8-22-19-14-18(23-15(2)24-19)20(27)26-11-9-25(10-12-26)17-7-5-6-16(21)13-17/h5-7,13-14H,3-4,8-12H2,1-2H3,(H,22,23,24). The van der Waals surface area contributed by atoms with Crippen molar-refractivity contribution >= 4 is 29.0 Å². The first-order chi connectivity index (χ1) is 13.1. The van der Waals surface area contributed by atoms with Crippen LogP contribution in [0.25, 0.3) is 0 Å². The summed E-state index contributed by atoms with van der Waals surface area (Å²) in [7, 11) is 0. The van der Waals surface area contributed by atoms with Crippen molar-refractivity contribution in [1.82, 2.24) is 14.9 Å². The number of nitrogens with one attached hydrogen (secondary N) is 1. The molecule has 0 radical (unpaired) electrons. The van der Waals surface area contributed by atoms with Gasteiger partial charge >= 0.3 is 0 Å². The highest BCUT2D eigenvalue weighted by Crippen LogP contribution is 2.21. The lowest BCUT2D eigenvalue weighted by Gasteiger charge is -2.36. The monoisotopic (exact) mass is 387 g/mol. The number of hydrogen-bond donors (Lipinski definition) is 1. The van der Waals surface area contributed by atoms with Gasteiger partial charge in [0, 0.05) is 49.5 Å². The first-order valence-corrected chi connectivity index (χ1v) is 9.84. The van der Waals surface area contributed by atoms with Gasteiger partial charge in [0.25, 0.3) is 5.91 Å². The van der Waals surface area contributed by atoms with Gasteiger partial charge in [-0.2, -0.15) is 0 Å². The van der Waals surface area contributed by atoms with Crippen LogP contribution in [-0.4, -0.2) is 53.5 Å². The van der Waals surface area contributed by atoms with E-state index in [1.165, 1.54) is 0 Å². The molecule has 144 valence electrons. The average Bonchev–Trinajstić information content (AvgIpc) is 2.67. The summed E-state index contributed by atoms with van der Waals surface area (Å²) < 4.78 is 0. The highest BCUT2D eigenvalue weighted by atomic mass is 35.5. The number of anilines is 2. The van der Waals surface area contributed by atoms with Gasteiger partial charge in [0.1, 0.15) is 17.3 Å². The zero-order valence-corrected chi connectivity index (χ0v) is 16.7. The summed E-state index contributed by atoms with van der Waals surface area (Å²) >= 11 is 6.09. The lowest BCUT2D eigenvalue weighted by atomic mass is 10.2. The fourth-order valence-electron chi connectivity index (χ4n) is 3.16. The third kappa shape index (κ3) is 5.10. The van der Waals surface area contributed by atoms with Crippen LogP contribution in [0.3, 0.4) is 0 Å². The number of nitrogens with zero attached hydrogens (tertiary/aromatic N) is 4. The third-order valence-corrected chi connectivity index (χ3v) is 4.87. The molecule has 1 fully saturated rings. The van der Waals surface area contributed by atoms with Gasteiger partial charge in [0.2, 0.25) is 0 Å². The molecule has 7 heteroatoms. The quantitative estimate of drug-likeness (QED) is 0.767. The van der Waals surface area contributed by atoms with Crippen molar-refractivity contribution in [3.05, 3.63) is 46.9 Å². The number of rotatable bonds is 6. The number of carbonyl (C=O) groups is 1. The van der Waals surface area contributed by atoms with E-state index in [9.17, 15) is 4.79 Å². The predicted octanol–water partition coefficient (Wildman–Crippen LogP) is 3.61. The Bertz CT molecular complexity index is 790. The smallest absolute Gasteiger partial charge is 0.272 e. The minimum absolute atomic E-state index is 0.0372. The van der Waals surface area contributed by atoms with Gasteiger partial charge in [-0.3, -0.25) is 4.79 Å². The summed E-state index contributed by atoms with van der Waals surface area (Å²) in [4.78, 5) is 25.7. The number of carbonyl (C=O) groups excluding carboxylic acids is 1. The van der Waals surface area contributed by atoms with Crippen LogP contribution in [0.15, 0.2) is 30.3 Å². The normalized spacial score (nSPS) is 14.3. The summed E-state index contributed by atoms with van der Waals surface area (Å²) in [6.45, 7) is 7.68. The van der Waals surface area contributed by atoms with Crippen LogP contribution in [0.2, 0.25) is 5.02 Å². The van der Waals surface area contributed by atoms with Crippen molar-refractivity contribution in [2.24, 2.45) is 0 Å². The summed E-state index contributed by atoms with van der Waals surface area (Å²) in [6, 6.07) is 9.58. The van der Waals surface area contributed by atoms with Crippen molar-refractivity contribution in [2.45, 2.75) is 26.7 Å². The molecule has 0 unspecified atom stereocenters. The molecule has 1 aromatic heterocycles. The predicted molar refractivity (Wildman–Crippen MR) is 110 cm³/mol. The molecular weight excluding hydrogens is 362 g/mol. The molecule has 0 atom stereocenters. The second kappa shape index (κ2) is 9.04. The van der Waals surface area contributed by atoms with Crippen LogP contribution < -0.4 is 10.2 Å². The maximum atomic E-state index is 12.9. The largest absolute Gasteiger partial charge is 0.370 e. The summed E-state index contributed by atoms with van der Waals surface area (Å²) in [5.74, 6) is 1.29. The molecule has 2 aromatic rings.